The van der Waals surface area contributed by atoms with Crippen LogP contribution in [0.15, 0.2) is 41.7 Å². The fourth-order valence-electron chi connectivity index (χ4n) is 1.71. The Kier molecular flexibility index (Phi) is 3.56. The van der Waals surface area contributed by atoms with Crippen LogP contribution in [0.5, 0.6) is 0 Å². The molecule has 3 rings (SSSR count). The van der Waals surface area contributed by atoms with Crippen LogP contribution in [-0.2, 0) is 6.54 Å². The zero-order valence-electron chi connectivity index (χ0n) is 10.4. The van der Waals surface area contributed by atoms with Gasteiger partial charge in [0.2, 0.25) is 0 Å². The lowest BCUT2D eigenvalue weighted by Crippen LogP contribution is -2.09. The maximum Gasteiger partial charge on any atom is 0.254 e. The molecule has 0 radical (unpaired) electrons. The molecule has 0 amide bonds. The Hall–Kier alpha value is -2.47. The number of halogens is 1. The van der Waals surface area contributed by atoms with Crippen LogP contribution in [0.25, 0.3) is 11.2 Å². The molecule has 1 aromatic carbocycles. The third-order valence-electron chi connectivity index (χ3n) is 2.64. The average Bonchev–Trinajstić information content (AvgIpc) is 2.94. The fraction of sp³-hybridized carbons (Fsp3) is 0.0769. The van der Waals surface area contributed by atoms with Gasteiger partial charge in [-0.1, -0.05) is 41.9 Å². The summed E-state index contributed by atoms with van der Waals surface area (Å²) < 4.78 is 0. The van der Waals surface area contributed by atoms with Gasteiger partial charge in [0.1, 0.15) is 5.52 Å². The van der Waals surface area contributed by atoms with Gasteiger partial charge in [-0.25, -0.2) is 9.98 Å². The van der Waals surface area contributed by atoms with Gasteiger partial charge in [0.25, 0.3) is 5.95 Å². The Labute approximate surface area is 120 Å². The monoisotopic (exact) mass is 286 g/mol. The predicted octanol–water partition coefficient (Wildman–Crippen LogP) is 2.46. The van der Waals surface area contributed by atoms with E-state index in [9.17, 15) is 0 Å². The molecular formula is C13H11ClN6. The molecule has 6 nitrogen and oxygen atoms in total. The Bertz CT molecular complexity index is 737. The minimum atomic E-state index is 0.284. The minimum absolute atomic E-state index is 0.284. The number of nitrogens with one attached hydrogen (secondary N) is 2. The van der Waals surface area contributed by atoms with Crippen LogP contribution in [0.4, 0.5) is 5.95 Å². The predicted molar refractivity (Wildman–Crippen MR) is 78.1 cm³/mol. The molecule has 7 heteroatoms. The van der Waals surface area contributed by atoms with Crippen molar-refractivity contribution < 1.29 is 0 Å². The molecule has 0 saturated heterocycles. The van der Waals surface area contributed by atoms with Gasteiger partial charge in [0.15, 0.2) is 10.8 Å². The van der Waals surface area contributed by atoms with E-state index in [1.165, 1.54) is 11.9 Å². The van der Waals surface area contributed by atoms with Crippen molar-refractivity contribution in [2.75, 3.05) is 0 Å². The van der Waals surface area contributed by atoms with Crippen molar-refractivity contribution in [1.82, 2.24) is 25.3 Å². The van der Waals surface area contributed by atoms with Crippen molar-refractivity contribution in [2.24, 2.45) is 4.99 Å². The molecule has 0 aliphatic heterocycles. The smallest absolute Gasteiger partial charge is 0.254 e. The molecule has 2 heterocycles. The van der Waals surface area contributed by atoms with Gasteiger partial charge in [-0.3, -0.25) is 0 Å². The molecule has 0 atom stereocenters. The topological polar surface area (TPSA) is 78.9 Å². The molecule has 3 aromatic rings. The van der Waals surface area contributed by atoms with E-state index in [0.717, 1.165) is 0 Å². The first-order chi connectivity index (χ1) is 9.83. The maximum atomic E-state index is 5.98. The third-order valence-corrected chi connectivity index (χ3v) is 2.91. The van der Waals surface area contributed by atoms with Crippen molar-refractivity contribution in [1.29, 1.82) is 0 Å². The largest absolute Gasteiger partial charge is 0.372 e. The molecule has 0 bridgehead atoms. The van der Waals surface area contributed by atoms with Crippen LogP contribution in [0.1, 0.15) is 5.56 Å². The van der Waals surface area contributed by atoms with Crippen LogP contribution in [0, 0.1) is 0 Å². The van der Waals surface area contributed by atoms with Crippen molar-refractivity contribution in [3.63, 3.8) is 0 Å². The van der Waals surface area contributed by atoms with E-state index < -0.39 is 0 Å². The molecular weight excluding hydrogens is 276 g/mol. The van der Waals surface area contributed by atoms with E-state index in [-0.39, 0.29) is 11.1 Å². The highest BCUT2D eigenvalue weighted by molar-refractivity contribution is 6.33. The third kappa shape index (κ3) is 2.75. The van der Waals surface area contributed by atoms with E-state index in [1.54, 1.807) is 6.34 Å². The van der Waals surface area contributed by atoms with Gasteiger partial charge in [-0.2, -0.15) is 9.97 Å². The van der Waals surface area contributed by atoms with Gasteiger partial charge in [0.05, 0.1) is 12.7 Å². The number of aliphatic imine (C=N–C) groups is 1. The van der Waals surface area contributed by atoms with Crippen molar-refractivity contribution in [3.05, 3.63) is 47.4 Å². The van der Waals surface area contributed by atoms with E-state index in [0.29, 0.717) is 17.7 Å². The van der Waals surface area contributed by atoms with Crippen molar-refractivity contribution in [2.45, 2.75) is 6.54 Å². The second kappa shape index (κ2) is 5.66. The summed E-state index contributed by atoms with van der Waals surface area (Å²) in [6.07, 6.45) is 3.08. The van der Waals surface area contributed by atoms with E-state index >= 15 is 0 Å². The summed E-state index contributed by atoms with van der Waals surface area (Å²) in [6.45, 7) is 0.685. The molecule has 0 aliphatic rings. The Morgan fingerprint density at radius 1 is 1.25 bits per heavy atom. The maximum absolute atomic E-state index is 5.98. The number of fused-ring (bicyclic) bond motifs is 1. The summed E-state index contributed by atoms with van der Waals surface area (Å²) in [7, 11) is 0. The van der Waals surface area contributed by atoms with Gasteiger partial charge in [-0.05, 0) is 5.56 Å². The first-order valence-corrected chi connectivity index (χ1v) is 6.37. The first-order valence-electron chi connectivity index (χ1n) is 5.99. The van der Waals surface area contributed by atoms with Gasteiger partial charge in [-0.15, -0.1) is 0 Å². The normalized spacial score (nSPS) is 11.2. The first kappa shape index (κ1) is 12.6. The average molecular weight is 287 g/mol. The SMILES string of the molecule is Clc1nc(/N=C/NCc2ccccc2)nc2[nH]cnc12. The van der Waals surface area contributed by atoms with Crippen LogP contribution in [0.2, 0.25) is 5.15 Å². The second-order valence-electron chi connectivity index (χ2n) is 4.04. The lowest BCUT2D eigenvalue weighted by atomic mass is 10.2. The van der Waals surface area contributed by atoms with Gasteiger partial charge >= 0.3 is 0 Å². The van der Waals surface area contributed by atoms with Crippen molar-refractivity contribution in [3.8, 4) is 0 Å². The number of imidazole rings is 1. The Morgan fingerprint density at radius 3 is 2.95 bits per heavy atom. The molecule has 0 unspecified atom stereocenters. The number of aromatic nitrogens is 4. The zero-order chi connectivity index (χ0) is 13.8. The standard InChI is InChI=1S/C13H11ClN6/c14-11-10-12(17-8-16-10)20-13(19-11)18-7-15-6-9-4-2-1-3-5-9/h1-5,7-8H,6H2,(H2,15,16,17,18,19,20). The number of hydrogen-bond donors (Lipinski definition) is 2. The number of rotatable bonds is 4. The molecule has 20 heavy (non-hydrogen) atoms. The minimum Gasteiger partial charge on any atom is -0.372 e. The second-order valence-corrected chi connectivity index (χ2v) is 4.40. The van der Waals surface area contributed by atoms with E-state index in [4.69, 9.17) is 11.6 Å². The summed E-state index contributed by atoms with van der Waals surface area (Å²) in [5.74, 6) is 0.285. The highest BCUT2D eigenvalue weighted by Crippen LogP contribution is 2.19. The zero-order valence-corrected chi connectivity index (χ0v) is 11.2. The fourth-order valence-corrected chi connectivity index (χ4v) is 1.92. The molecule has 0 aliphatic carbocycles. The van der Waals surface area contributed by atoms with Gasteiger partial charge in [0, 0.05) is 6.54 Å². The molecule has 100 valence electrons. The van der Waals surface area contributed by atoms with Crippen LogP contribution in [-0.4, -0.2) is 26.3 Å². The summed E-state index contributed by atoms with van der Waals surface area (Å²) in [6, 6.07) is 10.0. The van der Waals surface area contributed by atoms with E-state index in [1.807, 2.05) is 30.3 Å². The summed E-state index contributed by atoms with van der Waals surface area (Å²) in [4.78, 5) is 19.3. The molecule has 0 spiro atoms. The van der Waals surface area contributed by atoms with Crippen LogP contribution >= 0.6 is 11.6 Å². The van der Waals surface area contributed by atoms with Crippen LogP contribution < -0.4 is 5.32 Å². The number of H-pyrrole nitrogens is 1. The summed E-state index contributed by atoms with van der Waals surface area (Å²) >= 11 is 5.98. The molecule has 0 fully saturated rings. The number of hydrogen-bond acceptors (Lipinski definition) is 4. The highest BCUT2D eigenvalue weighted by atomic mass is 35.5. The van der Waals surface area contributed by atoms with Crippen molar-refractivity contribution >= 4 is 35.1 Å². The Balaban J connectivity index is 1.68. The molecule has 2 aromatic heterocycles. The molecule has 2 N–H and O–H groups in total. The lowest BCUT2D eigenvalue weighted by Gasteiger charge is -1.99. The molecule has 0 saturated carbocycles. The highest BCUT2D eigenvalue weighted by Gasteiger charge is 2.06. The number of aromatic amines is 1. The van der Waals surface area contributed by atoms with E-state index in [2.05, 4.69) is 30.2 Å². The quantitative estimate of drug-likeness (QED) is 0.439. The summed E-state index contributed by atoms with van der Waals surface area (Å²) in [5, 5.41) is 3.35. The lowest BCUT2D eigenvalue weighted by molar-refractivity contribution is 0.930. The number of benzene rings is 1. The van der Waals surface area contributed by atoms with Crippen LogP contribution in [0.3, 0.4) is 0 Å². The Morgan fingerprint density at radius 2 is 2.10 bits per heavy atom. The van der Waals surface area contributed by atoms with Gasteiger partial charge < -0.3 is 10.3 Å². The number of nitrogens with zero attached hydrogens (tertiary/aromatic N) is 4. The summed E-state index contributed by atoms with van der Waals surface area (Å²) in [5.41, 5.74) is 2.28.